The maximum Gasteiger partial charge on any atom is 0.305 e. The Balaban J connectivity index is 1.74. The number of carbonyl (C=O) groups excluding carboxylic acids is 1. The monoisotopic (exact) mass is 240 g/mol. The third kappa shape index (κ3) is 3.48. The maximum absolute atomic E-state index is 11.0. The molecule has 1 aliphatic carbocycles. The number of aryl methyl sites for hydroxylation is 1. The summed E-state index contributed by atoms with van der Waals surface area (Å²) in [6.45, 7) is 1.03. The van der Waals surface area contributed by atoms with E-state index in [2.05, 4.69) is 15.0 Å². The number of hydrogen-bond acceptors (Lipinski definition) is 5. The summed E-state index contributed by atoms with van der Waals surface area (Å²) in [5, 5.41) is 6.28. The van der Waals surface area contributed by atoms with Gasteiger partial charge in [0, 0.05) is 18.3 Å². The second-order valence-corrected chi connectivity index (χ2v) is 4.90. The topological polar surface area (TPSA) is 51.2 Å². The zero-order valence-corrected chi connectivity index (χ0v) is 10.2. The van der Waals surface area contributed by atoms with E-state index in [4.69, 9.17) is 0 Å². The van der Waals surface area contributed by atoms with Crippen LogP contribution in [0.5, 0.6) is 0 Å². The Kier molecular flexibility index (Phi) is 3.77. The highest BCUT2D eigenvalue weighted by molar-refractivity contribution is 7.13. The van der Waals surface area contributed by atoms with Gasteiger partial charge in [0.1, 0.15) is 0 Å². The molecule has 1 aromatic rings. The van der Waals surface area contributed by atoms with E-state index < -0.39 is 0 Å². The first-order valence-electron chi connectivity index (χ1n) is 5.53. The summed E-state index contributed by atoms with van der Waals surface area (Å²) in [6.07, 6.45) is 3.75. The van der Waals surface area contributed by atoms with Crippen molar-refractivity contribution in [2.75, 3.05) is 19.0 Å². The molecule has 0 atom stereocenters. The first-order chi connectivity index (χ1) is 7.78. The van der Waals surface area contributed by atoms with Gasteiger partial charge in [0.25, 0.3) is 0 Å². The van der Waals surface area contributed by atoms with Crippen molar-refractivity contribution in [3.63, 3.8) is 0 Å². The molecule has 2 rings (SSSR count). The van der Waals surface area contributed by atoms with Gasteiger partial charge in [-0.1, -0.05) is 0 Å². The minimum absolute atomic E-state index is 0.180. The fourth-order valence-electron chi connectivity index (χ4n) is 1.39. The fourth-order valence-corrected chi connectivity index (χ4v) is 2.14. The molecule has 88 valence electrons. The van der Waals surface area contributed by atoms with Gasteiger partial charge < -0.3 is 10.1 Å². The molecule has 1 aromatic heterocycles. The summed E-state index contributed by atoms with van der Waals surface area (Å²) in [6, 6.07) is 0. The van der Waals surface area contributed by atoms with Crippen molar-refractivity contribution < 1.29 is 9.53 Å². The van der Waals surface area contributed by atoms with Gasteiger partial charge >= 0.3 is 5.97 Å². The van der Waals surface area contributed by atoms with Gasteiger partial charge in [0.2, 0.25) is 0 Å². The van der Waals surface area contributed by atoms with Crippen LogP contribution in [0.25, 0.3) is 0 Å². The Morgan fingerprint density at radius 2 is 2.50 bits per heavy atom. The van der Waals surface area contributed by atoms with Crippen molar-refractivity contribution in [1.82, 2.24) is 4.98 Å². The fraction of sp³-hybridized carbons (Fsp3) is 0.636. The molecule has 16 heavy (non-hydrogen) atoms. The summed E-state index contributed by atoms with van der Waals surface area (Å²) in [4.78, 5) is 15.4. The second kappa shape index (κ2) is 5.30. The Hall–Kier alpha value is -1.10. The number of ether oxygens (including phenoxy) is 1. The molecule has 0 unspecified atom stereocenters. The number of thiazole rings is 1. The minimum Gasteiger partial charge on any atom is -0.469 e. The number of nitrogens with one attached hydrogen (secondary N) is 1. The molecule has 1 saturated carbocycles. The maximum atomic E-state index is 11.0. The average molecular weight is 240 g/mol. The number of hydrogen-bond donors (Lipinski definition) is 1. The third-order valence-electron chi connectivity index (χ3n) is 2.60. The van der Waals surface area contributed by atoms with E-state index in [9.17, 15) is 4.79 Å². The lowest BCUT2D eigenvalue weighted by molar-refractivity contribution is -0.140. The lowest BCUT2D eigenvalue weighted by atomic mass is 10.2. The highest BCUT2D eigenvalue weighted by Gasteiger charge is 2.20. The van der Waals surface area contributed by atoms with Crippen molar-refractivity contribution in [2.24, 2.45) is 5.92 Å². The Morgan fingerprint density at radius 3 is 3.19 bits per heavy atom. The number of esters is 1. The van der Waals surface area contributed by atoms with Crippen molar-refractivity contribution in [3.8, 4) is 0 Å². The van der Waals surface area contributed by atoms with E-state index in [1.807, 2.05) is 5.38 Å². The molecular weight excluding hydrogens is 224 g/mol. The van der Waals surface area contributed by atoms with Crippen molar-refractivity contribution in [1.29, 1.82) is 0 Å². The van der Waals surface area contributed by atoms with Crippen LogP contribution >= 0.6 is 11.3 Å². The summed E-state index contributed by atoms with van der Waals surface area (Å²) >= 11 is 1.60. The Bertz CT molecular complexity index is 361. The quantitative estimate of drug-likeness (QED) is 0.773. The molecule has 1 aliphatic rings. The summed E-state index contributed by atoms with van der Waals surface area (Å²) < 4.78 is 4.59. The first kappa shape index (κ1) is 11.4. The van der Waals surface area contributed by atoms with Gasteiger partial charge in [-0.2, -0.15) is 0 Å². The molecule has 0 amide bonds. The zero-order valence-electron chi connectivity index (χ0n) is 9.36. The number of anilines is 1. The smallest absolute Gasteiger partial charge is 0.305 e. The predicted molar refractivity (Wildman–Crippen MR) is 63.7 cm³/mol. The molecule has 0 radical (unpaired) electrons. The minimum atomic E-state index is -0.180. The van der Waals surface area contributed by atoms with Gasteiger partial charge in [0.15, 0.2) is 5.13 Å². The Labute approximate surface area is 99.0 Å². The van der Waals surface area contributed by atoms with Gasteiger partial charge in [0.05, 0.1) is 19.2 Å². The Morgan fingerprint density at radius 1 is 1.69 bits per heavy atom. The normalized spacial score (nSPS) is 14.8. The SMILES string of the molecule is COC(=O)CCc1csc(NCC2CC2)n1. The van der Waals surface area contributed by atoms with Gasteiger partial charge in [-0.3, -0.25) is 4.79 Å². The molecule has 0 aliphatic heterocycles. The molecule has 0 spiro atoms. The van der Waals surface area contributed by atoms with E-state index in [1.54, 1.807) is 11.3 Å². The molecule has 4 nitrogen and oxygen atoms in total. The molecule has 0 bridgehead atoms. The van der Waals surface area contributed by atoms with Crippen LogP contribution in [-0.4, -0.2) is 24.6 Å². The summed E-state index contributed by atoms with van der Waals surface area (Å²) in [7, 11) is 1.41. The largest absolute Gasteiger partial charge is 0.469 e. The predicted octanol–water partition coefficient (Wildman–Crippen LogP) is 2.07. The zero-order chi connectivity index (χ0) is 11.4. The van der Waals surface area contributed by atoms with Gasteiger partial charge in [-0.15, -0.1) is 11.3 Å². The average Bonchev–Trinajstić information content (AvgIpc) is 3.02. The van der Waals surface area contributed by atoms with Crippen molar-refractivity contribution in [3.05, 3.63) is 11.1 Å². The molecule has 1 heterocycles. The molecule has 0 aromatic carbocycles. The molecular formula is C11H16N2O2S. The number of nitrogens with zero attached hydrogens (tertiary/aromatic N) is 1. The van der Waals surface area contributed by atoms with Crippen LogP contribution in [0, 0.1) is 5.92 Å². The van der Waals surface area contributed by atoms with Crippen molar-refractivity contribution in [2.45, 2.75) is 25.7 Å². The summed E-state index contributed by atoms with van der Waals surface area (Å²) in [5.41, 5.74) is 0.966. The van der Waals surface area contributed by atoms with E-state index in [0.29, 0.717) is 12.8 Å². The van der Waals surface area contributed by atoms with Crippen LogP contribution in [0.3, 0.4) is 0 Å². The van der Waals surface area contributed by atoms with Gasteiger partial charge in [-0.05, 0) is 18.8 Å². The van der Waals surface area contributed by atoms with Crippen LogP contribution in [0.1, 0.15) is 25.0 Å². The van der Waals surface area contributed by atoms with Crippen LogP contribution in [0.2, 0.25) is 0 Å². The molecule has 1 N–H and O–H groups in total. The highest BCUT2D eigenvalue weighted by atomic mass is 32.1. The number of carbonyl (C=O) groups is 1. The lowest BCUT2D eigenvalue weighted by Crippen LogP contribution is -2.04. The van der Waals surface area contributed by atoms with E-state index in [1.165, 1.54) is 20.0 Å². The number of rotatable bonds is 6. The van der Waals surface area contributed by atoms with Crippen molar-refractivity contribution >= 4 is 22.4 Å². The van der Waals surface area contributed by atoms with Gasteiger partial charge in [-0.25, -0.2) is 4.98 Å². The highest BCUT2D eigenvalue weighted by Crippen LogP contribution is 2.29. The number of methoxy groups -OCH3 is 1. The first-order valence-corrected chi connectivity index (χ1v) is 6.41. The van der Waals surface area contributed by atoms with Crippen LogP contribution in [0.4, 0.5) is 5.13 Å². The lowest BCUT2D eigenvalue weighted by Gasteiger charge is -1.99. The van der Waals surface area contributed by atoms with Crippen LogP contribution in [-0.2, 0) is 16.0 Å². The standard InChI is InChI=1S/C11H16N2O2S/c1-15-10(14)5-4-9-7-16-11(13-9)12-6-8-2-3-8/h7-8H,2-6H2,1H3,(H,12,13). The number of aromatic nitrogens is 1. The van der Waals surface area contributed by atoms with Crippen LogP contribution < -0.4 is 5.32 Å². The molecule has 1 fully saturated rings. The third-order valence-corrected chi connectivity index (χ3v) is 3.45. The molecule has 0 saturated heterocycles. The van der Waals surface area contributed by atoms with Crippen LogP contribution in [0.15, 0.2) is 5.38 Å². The summed E-state index contributed by atoms with van der Waals surface area (Å²) in [5.74, 6) is 0.669. The second-order valence-electron chi connectivity index (χ2n) is 4.04. The van der Waals surface area contributed by atoms with E-state index in [-0.39, 0.29) is 5.97 Å². The molecule has 5 heteroatoms. The van der Waals surface area contributed by atoms with E-state index >= 15 is 0 Å². The van der Waals surface area contributed by atoms with E-state index in [0.717, 1.165) is 23.3 Å².